The molecule has 0 saturated carbocycles. The van der Waals surface area contributed by atoms with E-state index < -0.39 is 12.7 Å². The largest absolute Gasteiger partial charge is 0.377 e. The zero-order chi connectivity index (χ0) is 9.68. The average Bonchev–Trinajstić information content (AvgIpc) is 2.19. The lowest BCUT2D eigenvalue weighted by atomic mass is 10.1. The smallest absolute Gasteiger partial charge is 0.247 e. The van der Waals surface area contributed by atoms with Crippen LogP contribution in [0.1, 0.15) is 13.3 Å². The summed E-state index contributed by atoms with van der Waals surface area (Å²) in [7, 11) is 0. The molecule has 1 amide bonds. The van der Waals surface area contributed by atoms with Crippen LogP contribution in [-0.2, 0) is 9.53 Å². The summed E-state index contributed by atoms with van der Waals surface area (Å²) in [5.74, 6) is -0.173. The van der Waals surface area contributed by atoms with Gasteiger partial charge in [0.1, 0.15) is 6.67 Å². The van der Waals surface area contributed by atoms with E-state index in [2.05, 4.69) is 5.32 Å². The molecule has 13 heavy (non-hydrogen) atoms. The highest BCUT2D eigenvalue weighted by molar-refractivity contribution is 5.93. The molecule has 0 aromatic rings. The van der Waals surface area contributed by atoms with Crippen LogP contribution in [0.3, 0.4) is 0 Å². The summed E-state index contributed by atoms with van der Waals surface area (Å²) in [4.78, 5) is 11.4. The fraction of sp³-hybridized carbons (Fsp3) is 0.667. The molecule has 1 rings (SSSR count). The van der Waals surface area contributed by atoms with Crippen molar-refractivity contribution >= 4 is 5.91 Å². The van der Waals surface area contributed by atoms with Crippen LogP contribution < -0.4 is 5.32 Å². The maximum Gasteiger partial charge on any atom is 0.247 e. The number of hydrogen-bond acceptors (Lipinski definition) is 2. The molecular weight excluding hydrogens is 173 g/mol. The van der Waals surface area contributed by atoms with E-state index in [0.717, 1.165) is 0 Å². The Kier molecular flexibility index (Phi) is 3.89. The molecule has 1 atom stereocenters. The quantitative estimate of drug-likeness (QED) is 0.710. The first-order valence-corrected chi connectivity index (χ1v) is 4.37. The summed E-state index contributed by atoms with van der Waals surface area (Å²) >= 11 is 0. The number of nitrogens with one attached hydrogen (secondary N) is 1. The van der Waals surface area contributed by atoms with E-state index in [4.69, 9.17) is 4.74 Å². The predicted molar refractivity (Wildman–Crippen MR) is 47.1 cm³/mol. The number of rotatable bonds is 3. The predicted octanol–water partition coefficient (Wildman–Crippen LogP) is 0.807. The van der Waals surface area contributed by atoms with E-state index in [1.807, 2.05) is 0 Å². The van der Waals surface area contributed by atoms with Crippen LogP contribution in [0.4, 0.5) is 4.39 Å². The van der Waals surface area contributed by atoms with Gasteiger partial charge in [0.2, 0.25) is 5.91 Å². The van der Waals surface area contributed by atoms with Gasteiger partial charge in [-0.1, -0.05) is 6.08 Å². The Morgan fingerprint density at radius 3 is 3.15 bits per heavy atom. The molecule has 0 fully saturated rings. The van der Waals surface area contributed by atoms with Gasteiger partial charge in [0.15, 0.2) is 0 Å². The Labute approximate surface area is 77.0 Å². The van der Waals surface area contributed by atoms with Crippen molar-refractivity contribution < 1.29 is 13.9 Å². The normalized spacial score (nSPS) is 19.1. The van der Waals surface area contributed by atoms with Crippen molar-refractivity contribution in [3.05, 3.63) is 11.6 Å². The number of hydrogen-bond donors (Lipinski definition) is 1. The van der Waals surface area contributed by atoms with Crippen LogP contribution in [0.25, 0.3) is 0 Å². The minimum atomic E-state index is -0.532. The zero-order valence-electron chi connectivity index (χ0n) is 7.68. The number of alkyl halides is 1. The fourth-order valence-electron chi connectivity index (χ4n) is 1.09. The molecule has 0 spiro atoms. The van der Waals surface area contributed by atoms with Gasteiger partial charge >= 0.3 is 0 Å². The second-order valence-corrected chi connectivity index (χ2v) is 3.08. The number of halogens is 1. The summed E-state index contributed by atoms with van der Waals surface area (Å²) in [6.07, 6.45) is 2.36. The van der Waals surface area contributed by atoms with Crippen molar-refractivity contribution in [3.8, 4) is 0 Å². The van der Waals surface area contributed by atoms with Crippen molar-refractivity contribution in [3.63, 3.8) is 0 Å². The molecule has 1 N–H and O–H groups in total. The molecule has 0 bridgehead atoms. The van der Waals surface area contributed by atoms with Crippen LogP contribution in [0, 0.1) is 0 Å². The first-order chi connectivity index (χ1) is 6.24. The lowest BCUT2D eigenvalue weighted by Crippen LogP contribution is -2.35. The highest BCUT2D eigenvalue weighted by Gasteiger charge is 2.14. The first kappa shape index (κ1) is 10.2. The lowest BCUT2D eigenvalue weighted by Gasteiger charge is -2.15. The Morgan fingerprint density at radius 1 is 1.85 bits per heavy atom. The molecule has 1 heterocycles. The minimum absolute atomic E-state index is 0.173. The van der Waals surface area contributed by atoms with Gasteiger partial charge in [-0.2, -0.15) is 0 Å². The summed E-state index contributed by atoms with van der Waals surface area (Å²) < 4.78 is 17.1. The Balaban J connectivity index is 2.42. The number of amides is 1. The second kappa shape index (κ2) is 4.97. The third-order valence-electron chi connectivity index (χ3n) is 1.86. The van der Waals surface area contributed by atoms with Gasteiger partial charge in [-0.15, -0.1) is 0 Å². The van der Waals surface area contributed by atoms with Crippen molar-refractivity contribution in [1.29, 1.82) is 0 Å². The van der Waals surface area contributed by atoms with Crippen LogP contribution in [0.15, 0.2) is 11.6 Å². The molecule has 0 saturated heterocycles. The van der Waals surface area contributed by atoms with Gasteiger partial charge < -0.3 is 10.1 Å². The molecule has 3 nitrogen and oxygen atoms in total. The molecule has 4 heteroatoms. The monoisotopic (exact) mass is 187 g/mol. The molecule has 74 valence electrons. The number of carbonyl (C=O) groups is 1. The standard InChI is InChI=1S/C9H14FNO2/c1-7(6-10)11-9(12)8-2-4-13-5-3-8/h2,7H,3-6H2,1H3,(H,11,12). The lowest BCUT2D eigenvalue weighted by molar-refractivity contribution is -0.118. The van der Waals surface area contributed by atoms with E-state index in [-0.39, 0.29) is 5.91 Å². The number of ether oxygens (including phenoxy) is 1. The summed E-state index contributed by atoms with van der Waals surface area (Å²) in [6, 6.07) is -0.406. The van der Waals surface area contributed by atoms with Gasteiger partial charge in [-0.3, -0.25) is 4.79 Å². The third-order valence-corrected chi connectivity index (χ3v) is 1.86. The van der Waals surface area contributed by atoms with Gasteiger partial charge in [-0.25, -0.2) is 4.39 Å². The van der Waals surface area contributed by atoms with E-state index in [0.29, 0.717) is 25.2 Å². The van der Waals surface area contributed by atoms with E-state index >= 15 is 0 Å². The van der Waals surface area contributed by atoms with Crippen LogP contribution >= 0.6 is 0 Å². The maximum absolute atomic E-state index is 12.1. The molecule has 0 radical (unpaired) electrons. The highest BCUT2D eigenvalue weighted by atomic mass is 19.1. The zero-order valence-corrected chi connectivity index (χ0v) is 7.68. The second-order valence-electron chi connectivity index (χ2n) is 3.08. The van der Waals surface area contributed by atoms with Crippen molar-refractivity contribution in [2.75, 3.05) is 19.9 Å². The van der Waals surface area contributed by atoms with Crippen molar-refractivity contribution in [1.82, 2.24) is 5.32 Å². The van der Waals surface area contributed by atoms with E-state index in [9.17, 15) is 9.18 Å². The first-order valence-electron chi connectivity index (χ1n) is 4.37. The maximum atomic E-state index is 12.1. The Morgan fingerprint density at radius 2 is 2.62 bits per heavy atom. The molecular formula is C9H14FNO2. The average molecular weight is 187 g/mol. The van der Waals surface area contributed by atoms with Gasteiger partial charge in [-0.05, 0) is 6.92 Å². The number of carbonyl (C=O) groups excluding carboxylic acids is 1. The molecule has 0 aliphatic carbocycles. The Bertz CT molecular complexity index is 216. The molecule has 1 unspecified atom stereocenters. The minimum Gasteiger partial charge on any atom is -0.377 e. The van der Waals surface area contributed by atoms with Crippen LogP contribution in [0.2, 0.25) is 0 Å². The summed E-state index contributed by atoms with van der Waals surface area (Å²) in [6.45, 7) is 2.16. The SMILES string of the molecule is CC(CF)NC(=O)C1=CCOCC1. The van der Waals surface area contributed by atoms with E-state index in [1.165, 1.54) is 0 Å². The van der Waals surface area contributed by atoms with Crippen LogP contribution in [0.5, 0.6) is 0 Å². The molecule has 0 aromatic heterocycles. The van der Waals surface area contributed by atoms with Gasteiger partial charge in [0.25, 0.3) is 0 Å². The summed E-state index contributed by atoms with van der Waals surface area (Å²) in [5, 5.41) is 2.56. The van der Waals surface area contributed by atoms with Crippen molar-refractivity contribution in [2.24, 2.45) is 0 Å². The molecule has 1 aliphatic rings. The summed E-state index contributed by atoms with van der Waals surface area (Å²) in [5.41, 5.74) is 0.701. The molecule has 0 aromatic carbocycles. The third kappa shape index (κ3) is 3.14. The highest BCUT2D eigenvalue weighted by Crippen LogP contribution is 2.07. The van der Waals surface area contributed by atoms with Gasteiger partial charge in [0, 0.05) is 12.0 Å². The van der Waals surface area contributed by atoms with Gasteiger partial charge in [0.05, 0.1) is 19.3 Å². The topological polar surface area (TPSA) is 38.3 Å². The molecule has 1 aliphatic heterocycles. The fourth-order valence-corrected chi connectivity index (χ4v) is 1.09. The van der Waals surface area contributed by atoms with E-state index in [1.54, 1.807) is 13.0 Å². The Hall–Kier alpha value is -0.900. The van der Waals surface area contributed by atoms with Crippen molar-refractivity contribution in [2.45, 2.75) is 19.4 Å². The van der Waals surface area contributed by atoms with Crippen LogP contribution in [-0.4, -0.2) is 31.8 Å².